The summed E-state index contributed by atoms with van der Waals surface area (Å²) in [5, 5.41) is 3.48. The number of aryl methyl sites for hydroxylation is 2. The summed E-state index contributed by atoms with van der Waals surface area (Å²) >= 11 is 0. The summed E-state index contributed by atoms with van der Waals surface area (Å²) < 4.78 is 0. The molecule has 0 fully saturated rings. The molecule has 3 nitrogen and oxygen atoms in total. The second-order valence-electron chi connectivity index (χ2n) is 4.81. The molecule has 2 rings (SSSR count). The Morgan fingerprint density at radius 1 is 1.05 bits per heavy atom. The summed E-state index contributed by atoms with van der Waals surface area (Å²) in [5.41, 5.74) is 2.82. The standard InChI is InChI=1S/C16H23N3/c1-2-14-5-7-15(8-6-14)9-11-17-10-3-4-16-18-12-13-19-16/h5-8,12-13,17H,2-4,9-11H2,1H3,(H,18,19). The van der Waals surface area contributed by atoms with E-state index in [9.17, 15) is 0 Å². The molecule has 1 aromatic heterocycles. The van der Waals surface area contributed by atoms with Crippen LogP contribution in [-0.4, -0.2) is 23.1 Å². The molecular formula is C16H23N3. The first-order valence-corrected chi connectivity index (χ1v) is 7.15. The average molecular weight is 257 g/mol. The number of imidazole rings is 1. The lowest BCUT2D eigenvalue weighted by atomic mass is 10.1. The van der Waals surface area contributed by atoms with Crippen LogP contribution < -0.4 is 5.32 Å². The van der Waals surface area contributed by atoms with Gasteiger partial charge >= 0.3 is 0 Å². The molecule has 1 heterocycles. The van der Waals surface area contributed by atoms with Crippen molar-refractivity contribution in [1.82, 2.24) is 15.3 Å². The van der Waals surface area contributed by atoms with Crippen LogP contribution in [-0.2, 0) is 19.3 Å². The average Bonchev–Trinajstić information content (AvgIpc) is 2.96. The van der Waals surface area contributed by atoms with Gasteiger partial charge in [-0.15, -0.1) is 0 Å². The van der Waals surface area contributed by atoms with Gasteiger partial charge in [-0.2, -0.15) is 0 Å². The van der Waals surface area contributed by atoms with Crippen LogP contribution in [0.5, 0.6) is 0 Å². The number of hydrogen-bond acceptors (Lipinski definition) is 2. The highest BCUT2D eigenvalue weighted by atomic mass is 14.9. The number of nitrogens with zero attached hydrogens (tertiary/aromatic N) is 1. The molecule has 0 radical (unpaired) electrons. The van der Waals surface area contributed by atoms with Gasteiger partial charge in [0.25, 0.3) is 0 Å². The predicted octanol–water partition coefficient (Wildman–Crippen LogP) is 2.74. The van der Waals surface area contributed by atoms with Gasteiger partial charge in [0.1, 0.15) is 5.82 Å². The lowest BCUT2D eigenvalue weighted by Crippen LogP contribution is -2.19. The van der Waals surface area contributed by atoms with E-state index in [1.807, 2.05) is 12.4 Å². The Labute approximate surface area is 115 Å². The maximum Gasteiger partial charge on any atom is 0.106 e. The minimum atomic E-state index is 1.02. The largest absolute Gasteiger partial charge is 0.349 e. The molecule has 0 saturated carbocycles. The maximum atomic E-state index is 4.21. The van der Waals surface area contributed by atoms with Crippen molar-refractivity contribution < 1.29 is 0 Å². The van der Waals surface area contributed by atoms with Gasteiger partial charge in [0, 0.05) is 18.8 Å². The summed E-state index contributed by atoms with van der Waals surface area (Å²) in [4.78, 5) is 7.34. The highest BCUT2D eigenvalue weighted by molar-refractivity contribution is 5.22. The minimum Gasteiger partial charge on any atom is -0.349 e. The monoisotopic (exact) mass is 257 g/mol. The topological polar surface area (TPSA) is 40.7 Å². The van der Waals surface area contributed by atoms with Crippen molar-refractivity contribution in [3.8, 4) is 0 Å². The summed E-state index contributed by atoms with van der Waals surface area (Å²) in [6.45, 7) is 4.28. The van der Waals surface area contributed by atoms with Crippen LogP contribution in [0.15, 0.2) is 36.7 Å². The van der Waals surface area contributed by atoms with Crippen LogP contribution in [0.3, 0.4) is 0 Å². The molecule has 0 aliphatic carbocycles. The van der Waals surface area contributed by atoms with Crippen molar-refractivity contribution in [3.63, 3.8) is 0 Å². The Morgan fingerprint density at radius 2 is 1.84 bits per heavy atom. The molecule has 0 saturated heterocycles. The van der Waals surface area contributed by atoms with E-state index in [1.165, 1.54) is 11.1 Å². The number of aromatic amines is 1. The molecule has 0 bridgehead atoms. The van der Waals surface area contributed by atoms with E-state index in [-0.39, 0.29) is 0 Å². The molecule has 0 aliphatic heterocycles. The van der Waals surface area contributed by atoms with Crippen LogP contribution in [0.25, 0.3) is 0 Å². The van der Waals surface area contributed by atoms with Gasteiger partial charge in [-0.1, -0.05) is 31.2 Å². The minimum absolute atomic E-state index is 1.02. The summed E-state index contributed by atoms with van der Waals surface area (Å²) in [6, 6.07) is 8.94. The number of hydrogen-bond donors (Lipinski definition) is 2. The molecule has 0 spiro atoms. The smallest absolute Gasteiger partial charge is 0.106 e. The van der Waals surface area contributed by atoms with Crippen LogP contribution in [0.2, 0.25) is 0 Å². The van der Waals surface area contributed by atoms with E-state index in [0.717, 1.165) is 44.6 Å². The normalized spacial score (nSPS) is 10.8. The number of rotatable bonds is 8. The number of aromatic nitrogens is 2. The van der Waals surface area contributed by atoms with Crippen molar-refractivity contribution in [1.29, 1.82) is 0 Å². The molecule has 0 unspecified atom stereocenters. The Kier molecular flexibility index (Phi) is 5.63. The first-order valence-electron chi connectivity index (χ1n) is 7.15. The second kappa shape index (κ2) is 7.74. The van der Waals surface area contributed by atoms with Crippen LogP contribution >= 0.6 is 0 Å². The van der Waals surface area contributed by atoms with Crippen molar-refractivity contribution >= 4 is 0 Å². The number of nitrogens with one attached hydrogen (secondary N) is 2. The third-order valence-electron chi connectivity index (χ3n) is 3.34. The van der Waals surface area contributed by atoms with E-state index < -0.39 is 0 Å². The van der Waals surface area contributed by atoms with Crippen LogP contribution in [0.4, 0.5) is 0 Å². The highest BCUT2D eigenvalue weighted by Gasteiger charge is 1.96. The zero-order valence-electron chi connectivity index (χ0n) is 11.7. The van der Waals surface area contributed by atoms with Gasteiger partial charge in [-0.25, -0.2) is 4.98 Å². The molecule has 2 aromatic rings. The number of H-pyrrole nitrogens is 1. The zero-order chi connectivity index (χ0) is 13.3. The van der Waals surface area contributed by atoms with E-state index >= 15 is 0 Å². The van der Waals surface area contributed by atoms with Gasteiger partial charge in [0.15, 0.2) is 0 Å². The van der Waals surface area contributed by atoms with Gasteiger partial charge in [0.05, 0.1) is 0 Å². The predicted molar refractivity (Wildman–Crippen MR) is 79.3 cm³/mol. The quantitative estimate of drug-likeness (QED) is 0.714. The van der Waals surface area contributed by atoms with Crippen molar-refractivity contribution in [3.05, 3.63) is 53.6 Å². The Balaban J connectivity index is 1.56. The fraction of sp³-hybridized carbons (Fsp3) is 0.438. The van der Waals surface area contributed by atoms with E-state index in [2.05, 4.69) is 46.5 Å². The third kappa shape index (κ3) is 4.87. The second-order valence-corrected chi connectivity index (χ2v) is 4.81. The highest BCUT2D eigenvalue weighted by Crippen LogP contribution is 2.05. The van der Waals surface area contributed by atoms with Crippen molar-refractivity contribution in [2.24, 2.45) is 0 Å². The molecule has 19 heavy (non-hydrogen) atoms. The molecule has 2 N–H and O–H groups in total. The lowest BCUT2D eigenvalue weighted by molar-refractivity contribution is 0.639. The first kappa shape index (κ1) is 13.8. The van der Waals surface area contributed by atoms with E-state index in [4.69, 9.17) is 0 Å². The maximum absolute atomic E-state index is 4.21. The third-order valence-corrected chi connectivity index (χ3v) is 3.34. The fourth-order valence-electron chi connectivity index (χ4n) is 2.11. The summed E-state index contributed by atoms with van der Waals surface area (Å²) in [7, 11) is 0. The summed E-state index contributed by atoms with van der Waals surface area (Å²) in [5.74, 6) is 1.08. The summed E-state index contributed by atoms with van der Waals surface area (Å²) in [6.07, 6.45) is 8.05. The Morgan fingerprint density at radius 3 is 2.53 bits per heavy atom. The first-order chi connectivity index (χ1) is 9.38. The van der Waals surface area contributed by atoms with E-state index in [0.29, 0.717) is 0 Å². The molecular weight excluding hydrogens is 234 g/mol. The van der Waals surface area contributed by atoms with E-state index in [1.54, 1.807) is 0 Å². The molecule has 3 heteroatoms. The Hall–Kier alpha value is -1.61. The van der Waals surface area contributed by atoms with Gasteiger partial charge in [-0.05, 0) is 43.5 Å². The SMILES string of the molecule is CCc1ccc(CCNCCCc2ncc[nH]2)cc1. The van der Waals surface area contributed by atoms with Crippen molar-refractivity contribution in [2.75, 3.05) is 13.1 Å². The Bertz CT molecular complexity index is 445. The zero-order valence-corrected chi connectivity index (χ0v) is 11.7. The van der Waals surface area contributed by atoms with Gasteiger partial charge in [-0.3, -0.25) is 0 Å². The molecule has 0 atom stereocenters. The number of benzene rings is 1. The van der Waals surface area contributed by atoms with Gasteiger partial charge in [0.2, 0.25) is 0 Å². The molecule has 1 aromatic carbocycles. The molecule has 0 aliphatic rings. The fourth-order valence-corrected chi connectivity index (χ4v) is 2.11. The molecule has 102 valence electrons. The van der Waals surface area contributed by atoms with Gasteiger partial charge < -0.3 is 10.3 Å². The van der Waals surface area contributed by atoms with Crippen LogP contribution in [0.1, 0.15) is 30.3 Å². The molecule has 0 amide bonds. The van der Waals surface area contributed by atoms with Crippen LogP contribution in [0, 0.1) is 0 Å². The van der Waals surface area contributed by atoms with Crippen molar-refractivity contribution in [2.45, 2.75) is 32.6 Å². The lowest BCUT2D eigenvalue weighted by Gasteiger charge is -2.05.